The zero-order valence-electron chi connectivity index (χ0n) is 14.6. The fourth-order valence-corrected chi connectivity index (χ4v) is 3.83. The summed E-state index contributed by atoms with van der Waals surface area (Å²) in [5.41, 5.74) is -0.680. The molecule has 29 heavy (non-hydrogen) atoms. The second kappa shape index (κ2) is 7.96. The molecule has 0 spiro atoms. The summed E-state index contributed by atoms with van der Waals surface area (Å²) < 4.78 is 57.2. The van der Waals surface area contributed by atoms with Crippen molar-refractivity contribution in [2.24, 2.45) is 0 Å². The number of carbonyl (C=O) groups is 2. The molecular weight excluding hydrogens is 436 g/mol. The second-order valence-electron chi connectivity index (χ2n) is 5.85. The van der Waals surface area contributed by atoms with E-state index in [4.69, 9.17) is 16.3 Å². The number of carbonyl (C=O) groups excluding carboxylic acids is 2. The molecule has 0 radical (unpaired) electrons. The molecule has 0 fully saturated rings. The van der Waals surface area contributed by atoms with Crippen molar-refractivity contribution >= 4 is 50.7 Å². The zero-order valence-corrected chi connectivity index (χ0v) is 16.1. The maximum Gasteiger partial charge on any atom is 0.417 e. The van der Waals surface area contributed by atoms with Gasteiger partial charge in [-0.1, -0.05) is 17.7 Å². The van der Waals surface area contributed by atoms with Crippen LogP contribution in [0.5, 0.6) is 0 Å². The van der Waals surface area contributed by atoms with E-state index in [2.05, 4.69) is 10.3 Å². The monoisotopic (exact) mass is 446 g/mol. The van der Waals surface area contributed by atoms with E-state index in [-0.39, 0.29) is 10.7 Å². The molecule has 3 aromatic rings. The van der Waals surface area contributed by atoms with Gasteiger partial charge in [0.05, 0.1) is 10.6 Å². The number of benzene rings is 1. The molecule has 11 heteroatoms. The second-order valence-corrected chi connectivity index (χ2v) is 7.31. The number of pyridine rings is 1. The highest BCUT2D eigenvalue weighted by Crippen LogP contribution is 2.33. The number of aryl methyl sites for hydroxylation is 1. The Balaban J connectivity index is 1.66. The van der Waals surface area contributed by atoms with Crippen LogP contribution in [0.1, 0.15) is 20.8 Å². The molecule has 0 aliphatic heterocycles. The first-order valence-electron chi connectivity index (χ1n) is 7.95. The minimum atomic E-state index is -4.63. The highest BCUT2D eigenvalue weighted by atomic mass is 35.5. The molecule has 3 rings (SSSR count). The average molecular weight is 447 g/mol. The quantitative estimate of drug-likeness (QED) is 0.441. The number of aromatic nitrogens is 1. The number of thiophene rings is 1. The molecule has 0 atom stereocenters. The number of rotatable bonds is 4. The van der Waals surface area contributed by atoms with Crippen LogP contribution in [0.3, 0.4) is 0 Å². The van der Waals surface area contributed by atoms with Crippen molar-refractivity contribution in [3.8, 4) is 0 Å². The number of amides is 1. The lowest BCUT2D eigenvalue weighted by molar-refractivity contribution is -0.137. The number of hydrogen-bond donors (Lipinski definition) is 1. The molecule has 0 unspecified atom stereocenters. The molecule has 5 nitrogen and oxygen atoms in total. The van der Waals surface area contributed by atoms with Gasteiger partial charge in [-0.25, -0.2) is 14.2 Å². The Morgan fingerprint density at radius 2 is 2.03 bits per heavy atom. The van der Waals surface area contributed by atoms with E-state index >= 15 is 0 Å². The van der Waals surface area contributed by atoms with Crippen LogP contribution in [0.2, 0.25) is 5.02 Å². The van der Waals surface area contributed by atoms with Gasteiger partial charge in [-0.2, -0.15) is 13.2 Å². The van der Waals surface area contributed by atoms with Gasteiger partial charge in [0, 0.05) is 16.3 Å². The average Bonchev–Trinajstić information content (AvgIpc) is 2.98. The Morgan fingerprint density at radius 1 is 1.31 bits per heavy atom. The number of nitrogens with one attached hydrogen (secondary N) is 1. The summed E-state index contributed by atoms with van der Waals surface area (Å²) >= 11 is 6.72. The SMILES string of the molecule is Cc1c(C(=O)OCC(=O)Nc2ncc(C(F)(F)F)cc2Cl)sc2cccc(F)c12. The molecule has 1 N–H and O–H groups in total. The topological polar surface area (TPSA) is 68.3 Å². The Labute approximate surface area is 170 Å². The van der Waals surface area contributed by atoms with Crippen LogP contribution in [-0.2, 0) is 15.7 Å². The number of halogens is 5. The fourth-order valence-electron chi connectivity index (χ4n) is 2.50. The van der Waals surface area contributed by atoms with E-state index in [9.17, 15) is 27.2 Å². The molecule has 2 aromatic heterocycles. The van der Waals surface area contributed by atoms with E-state index in [1.165, 1.54) is 12.1 Å². The first-order valence-corrected chi connectivity index (χ1v) is 9.14. The molecule has 0 aliphatic carbocycles. The standard InChI is InChI=1S/C18H11ClF4N2O3S/c1-8-14-11(20)3-2-4-12(14)29-15(8)17(27)28-7-13(26)25-16-10(19)5-9(6-24-16)18(21,22)23/h2-6H,7H2,1H3,(H,24,25,26). The lowest BCUT2D eigenvalue weighted by atomic mass is 10.1. The minimum Gasteiger partial charge on any atom is -0.451 e. The number of ether oxygens (including phenoxy) is 1. The number of esters is 1. The van der Waals surface area contributed by atoms with Gasteiger partial charge in [-0.15, -0.1) is 11.3 Å². The summed E-state index contributed by atoms with van der Waals surface area (Å²) in [4.78, 5) is 27.8. The van der Waals surface area contributed by atoms with Crippen LogP contribution in [0.4, 0.5) is 23.4 Å². The summed E-state index contributed by atoms with van der Waals surface area (Å²) in [5.74, 6) is -2.46. The van der Waals surface area contributed by atoms with Crippen LogP contribution >= 0.6 is 22.9 Å². The largest absolute Gasteiger partial charge is 0.451 e. The molecule has 0 bridgehead atoms. The van der Waals surface area contributed by atoms with Crippen molar-refractivity contribution in [2.45, 2.75) is 13.1 Å². The van der Waals surface area contributed by atoms with Crippen molar-refractivity contribution in [3.05, 3.63) is 57.3 Å². The Morgan fingerprint density at radius 3 is 2.66 bits per heavy atom. The highest BCUT2D eigenvalue weighted by Gasteiger charge is 2.31. The van der Waals surface area contributed by atoms with E-state index in [0.29, 0.717) is 27.9 Å². The maximum atomic E-state index is 13.9. The summed E-state index contributed by atoms with van der Waals surface area (Å²) in [7, 11) is 0. The zero-order chi connectivity index (χ0) is 21.3. The summed E-state index contributed by atoms with van der Waals surface area (Å²) in [6.07, 6.45) is -4.11. The summed E-state index contributed by atoms with van der Waals surface area (Å²) in [6, 6.07) is 5.05. The molecule has 1 amide bonds. The van der Waals surface area contributed by atoms with Crippen LogP contribution in [0, 0.1) is 12.7 Å². The van der Waals surface area contributed by atoms with Crippen molar-refractivity contribution < 1.29 is 31.9 Å². The Hall–Kier alpha value is -2.72. The van der Waals surface area contributed by atoms with Gasteiger partial charge < -0.3 is 10.1 Å². The summed E-state index contributed by atoms with van der Waals surface area (Å²) in [5, 5.41) is 2.04. The van der Waals surface area contributed by atoms with Gasteiger partial charge in [0.25, 0.3) is 5.91 Å². The third-order valence-corrected chi connectivity index (χ3v) is 5.37. The van der Waals surface area contributed by atoms with E-state index in [1.807, 2.05) is 0 Å². The molecule has 0 saturated carbocycles. The smallest absolute Gasteiger partial charge is 0.417 e. The Kier molecular flexibility index (Phi) is 5.76. The summed E-state index contributed by atoms with van der Waals surface area (Å²) in [6.45, 7) is 0.832. The van der Waals surface area contributed by atoms with E-state index in [1.54, 1.807) is 13.0 Å². The maximum absolute atomic E-state index is 13.9. The molecule has 0 saturated heterocycles. The van der Waals surface area contributed by atoms with E-state index < -0.39 is 41.1 Å². The minimum absolute atomic E-state index is 0.142. The molecule has 1 aromatic carbocycles. The van der Waals surface area contributed by atoms with Gasteiger partial charge in [0.15, 0.2) is 12.4 Å². The lowest BCUT2D eigenvalue weighted by Gasteiger charge is -2.10. The molecule has 0 aliphatic rings. The number of alkyl halides is 3. The fraction of sp³-hybridized carbons (Fsp3) is 0.167. The van der Waals surface area contributed by atoms with Crippen molar-refractivity contribution in [1.29, 1.82) is 0 Å². The van der Waals surface area contributed by atoms with Crippen LogP contribution < -0.4 is 5.32 Å². The number of fused-ring (bicyclic) bond motifs is 1. The predicted octanol–water partition coefficient (Wildman–Crippen LogP) is 5.21. The molecule has 152 valence electrons. The van der Waals surface area contributed by atoms with Gasteiger partial charge in [-0.3, -0.25) is 4.79 Å². The van der Waals surface area contributed by atoms with Gasteiger partial charge in [-0.05, 0) is 30.7 Å². The first-order chi connectivity index (χ1) is 13.6. The van der Waals surface area contributed by atoms with Crippen LogP contribution in [0.15, 0.2) is 30.5 Å². The third-order valence-electron chi connectivity index (χ3n) is 3.85. The van der Waals surface area contributed by atoms with Crippen LogP contribution in [-0.4, -0.2) is 23.5 Å². The lowest BCUT2D eigenvalue weighted by Crippen LogP contribution is -2.21. The normalized spacial score (nSPS) is 11.5. The number of hydrogen-bond acceptors (Lipinski definition) is 5. The van der Waals surface area contributed by atoms with Crippen molar-refractivity contribution in [2.75, 3.05) is 11.9 Å². The van der Waals surface area contributed by atoms with Crippen molar-refractivity contribution in [1.82, 2.24) is 4.98 Å². The van der Waals surface area contributed by atoms with Gasteiger partial charge >= 0.3 is 12.1 Å². The number of nitrogens with zero attached hydrogens (tertiary/aromatic N) is 1. The molecular formula is C18H11ClF4N2O3S. The van der Waals surface area contributed by atoms with Crippen molar-refractivity contribution in [3.63, 3.8) is 0 Å². The molecule has 2 heterocycles. The van der Waals surface area contributed by atoms with E-state index in [0.717, 1.165) is 11.3 Å². The predicted molar refractivity (Wildman–Crippen MR) is 99.7 cm³/mol. The third kappa shape index (κ3) is 4.48. The van der Waals surface area contributed by atoms with Gasteiger partial charge in [0.2, 0.25) is 0 Å². The van der Waals surface area contributed by atoms with Crippen LogP contribution in [0.25, 0.3) is 10.1 Å². The first kappa shape index (κ1) is 21.0. The Bertz CT molecular complexity index is 1110. The van der Waals surface area contributed by atoms with Gasteiger partial charge in [0.1, 0.15) is 10.7 Å². The highest BCUT2D eigenvalue weighted by molar-refractivity contribution is 7.21. The number of anilines is 1.